The van der Waals surface area contributed by atoms with E-state index in [1.54, 1.807) is 19.2 Å². The lowest BCUT2D eigenvalue weighted by Gasteiger charge is -2.17. The largest absolute Gasteiger partial charge is 0.380 e. The van der Waals surface area contributed by atoms with Gasteiger partial charge in [0.05, 0.1) is 6.10 Å². The van der Waals surface area contributed by atoms with E-state index in [1.807, 2.05) is 19.9 Å². The molecule has 1 aromatic rings. The average molecular weight is 211 g/mol. The molecule has 3 heteroatoms. The van der Waals surface area contributed by atoms with Crippen molar-refractivity contribution in [2.75, 3.05) is 13.7 Å². The minimum absolute atomic E-state index is 0.137. The van der Waals surface area contributed by atoms with Crippen LogP contribution < -0.4 is 5.32 Å². The van der Waals surface area contributed by atoms with Crippen molar-refractivity contribution in [1.82, 2.24) is 5.32 Å². The molecule has 0 bridgehead atoms. The minimum atomic E-state index is -0.194. The Morgan fingerprint density at radius 3 is 2.73 bits per heavy atom. The fourth-order valence-corrected chi connectivity index (χ4v) is 1.32. The van der Waals surface area contributed by atoms with Gasteiger partial charge in [-0.05, 0) is 31.5 Å². The molecule has 0 radical (unpaired) electrons. The van der Waals surface area contributed by atoms with Crippen molar-refractivity contribution >= 4 is 0 Å². The van der Waals surface area contributed by atoms with E-state index in [-0.39, 0.29) is 18.0 Å². The monoisotopic (exact) mass is 211 g/mol. The maximum absolute atomic E-state index is 12.9. The lowest BCUT2D eigenvalue weighted by molar-refractivity contribution is 0.115. The van der Waals surface area contributed by atoms with Crippen molar-refractivity contribution < 1.29 is 9.13 Å². The molecule has 0 heterocycles. The van der Waals surface area contributed by atoms with Crippen LogP contribution in [-0.4, -0.2) is 19.8 Å². The second-order valence-corrected chi connectivity index (χ2v) is 3.73. The first-order valence-electron chi connectivity index (χ1n) is 5.15. The molecular weight excluding hydrogens is 193 g/mol. The van der Waals surface area contributed by atoms with Crippen molar-refractivity contribution in [3.63, 3.8) is 0 Å². The summed E-state index contributed by atoms with van der Waals surface area (Å²) in [6.45, 7) is 4.76. The molecule has 0 aliphatic carbocycles. The second-order valence-electron chi connectivity index (χ2n) is 3.73. The summed E-state index contributed by atoms with van der Waals surface area (Å²) in [5, 5.41) is 3.29. The number of hydrogen-bond donors (Lipinski definition) is 1. The van der Waals surface area contributed by atoms with E-state index in [0.29, 0.717) is 0 Å². The zero-order valence-electron chi connectivity index (χ0n) is 9.46. The molecule has 1 rings (SSSR count). The molecule has 0 aliphatic rings. The maximum atomic E-state index is 12.9. The van der Waals surface area contributed by atoms with Gasteiger partial charge < -0.3 is 10.1 Å². The van der Waals surface area contributed by atoms with Crippen LogP contribution >= 0.6 is 0 Å². The molecule has 1 N–H and O–H groups in total. The van der Waals surface area contributed by atoms with Crippen LogP contribution in [-0.2, 0) is 4.74 Å². The van der Waals surface area contributed by atoms with Crippen molar-refractivity contribution in [3.8, 4) is 0 Å². The smallest absolute Gasteiger partial charge is 0.123 e. The Balaban J connectivity index is 2.50. The predicted molar refractivity (Wildman–Crippen MR) is 59.3 cm³/mol. The van der Waals surface area contributed by atoms with Gasteiger partial charge in [-0.1, -0.05) is 12.1 Å². The number of methoxy groups -OCH3 is 1. The van der Waals surface area contributed by atoms with E-state index in [4.69, 9.17) is 4.74 Å². The van der Waals surface area contributed by atoms with Gasteiger partial charge in [0.25, 0.3) is 0 Å². The SMILES string of the molecule is COC(C)CN[C@H](C)c1cccc(F)c1. The molecule has 2 atom stereocenters. The summed E-state index contributed by atoms with van der Waals surface area (Å²) >= 11 is 0. The van der Waals surface area contributed by atoms with Gasteiger partial charge in [-0.3, -0.25) is 0 Å². The maximum Gasteiger partial charge on any atom is 0.123 e. The molecule has 0 aromatic heterocycles. The van der Waals surface area contributed by atoms with E-state index < -0.39 is 0 Å². The number of hydrogen-bond acceptors (Lipinski definition) is 2. The first-order valence-corrected chi connectivity index (χ1v) is 5.15. The molecule has 0 aliphatic heterocycles. The van der Waals surface area contributed by atoms with Crippen LogP contribution in [0.3, 0.4) is 0 Å². The topological polar surface area (TPSA) is 21.3 Å². The third-order valence-electron chi connectivity index (χ3n) is 2.46. The van der Waals surface area contributed by atoms with Gasteiger partial charge in [-0.25, -0.2) is 4.39 Å². The quantitative estimate of drug-likeness (QED) is 0.808. The number of halogens is 1. The third-order valence-corrected chi connectivity index (χ3v) is 2.46. The highest BCUT2D eigenvalue weighted by Gasteiger charge is 2.07. The van der Waals surface area contributed by atoms with Gasteiger partial charge >= 0.3 is 0 Å². The van der Waals surface area contributed by atoms with E-state index in [0.717, 1.165) is 12.1 Å². The highest BCUT2D eigenvalue weighted by Crippen LogP contribution is 2.13. The third kappa shape index (κ3) is 3.98. The Kier molecular flexibility index (Phi) is 4.72. The summed E-state index contributed by atoms with van der Waals surface area (Å²) in [4.78, 5) is 0. The van der Waals surface area contributed by atoms with Crippen LogP contribution in [0.5, 0.6) is 0 Å². The highest BCUT2D eigenvalue weighted by atomic mass is 19.1. The van der Waals surface area contributed by atoms with E-state index in [2.05, 4.69) is 5.32 Å². The van der Waals surface area contributed by atoms with Gasteiger partial charge in [0.2, 0.25) is 0 Å². The Morgan fingerprint density at radius 1 is 1.40 bits per heavy atom. The summed E-state index contributed by atoms with van der Waals surface area (Å²) in [5.74, 6) is -0.194. The minimum Gasteiger partial charge on any atom is -0.380 e. The van der Waals surface area contributed by atoms with Crippen LogP contribution in [0.4, 0.5) is 4.39 Å². The summed E-state index contributed by atoms with van der Waals surface area (Å²) in [6, 6.07) is 6.78. The van der Waals surface area contributed by atoms with Gasteiger partial charge in [-0.2, -0.15) is 0 Å². The van der Waals surface area contributed by atoms with Crippen LogP contribution in [0.2, 0.25) is 0 Å². The van der Waals surface area contributed by atoms with Gasteiger partial charge in [0.1, 0.15) is 5.82 Å². The molecule has 0 fully saturated rings. The Morgan fingerprint density at radius 2 is 2.13 bits per heavy atom. The first-order chi connectivity index (χ1) is 7.13. The highest BCUT2D eigenvalue weighted by molar-refractivity contribution is 5.19. The van der Waals surface area contributed by atoms with Gasteiger partial charge in [0, 0.05) is 19.7 Å². The molecule has 2 nitrogen and oxygen atoms in total. The normalized spacial score (nSPS) is 14.9. The fraction of sp³-hybridized carbons (Fsp3) is 0.500. The molecule has 84 valence electrons. The zero-order chi connectivity index (χ0) is 11.3. The molecule has 0 amide bonds. The predicted octanol–water partition coefficient (Wildman–Crippen LogP) is 2.51. The molecule has 1 unspecified atom stereocenters. The van der Waals surface area contributed by atoms with Crippen molar-refractivity contribution in [2.24, 2.45) is 0 Å². The molecule has 1 aromatic carbocycles. The molecule has 0 spiro atoms. The summed E-state index contributed by atoms with van der Waals surface area (Å²) in [7, 11) is 1.68. The second kappa shape index (κ2) is 5.83. The lowest BCUT2D eigenvalue weighted by Crippen LogP contribution is -2.28. The zero-order valence-corrected chi connectivity index (χ0v) is 9.46. The average Bonchev–Trinajstić information content (AvgIpc) is 2.25. The van der Waals surface area contributed by atoms with Crippen LogP contribution in [0.1, 0.15) is 25.5 Å². The standard InChI is InChI=1S/C12H18FNO/c1-9(15-3)8-14-10(2)11-5-4-6-12(13)7-11/h4-7,9-10,14H,8H2,1-3H3/t9?,10-/m1/s1. The summed E-state index contributed by atoms with van der Waals surface area (Å²) < 4.78 is 18.1. The van der Waals surface area contributed by atoms with Crippen LogP contribution in [0, 0.1) is 5.82 Å². The number of ether oxygens (including phenoxy) is 1. The van der Waals surface area contributed by atoms with Crippen LogP contribution in [0.15, 0.2) is 24.3 Å². The Hall–Kier alpha value is -0.930. The van der Waals surface area contributed by atoms with Crippen molar-refractivity contribution in [1.29, 1.82) is 0 Å². The lowest BCUT2D eigenvalue weighted by atomic mass is 10.1. The van der Waals surface area contributed by atoms with Crippen molar-refractivity contribution in [3.05, 3.63) is 35.6 Å². The van der Waals surface area contributed by atoms with E-state index >= 15 is 0 Å². The summed E-state index contributed by atoms with van der Waals surface area (Å²) in [5.41, 5.74) is 0.957. The number of nitrogens with one attached hydrogen (secondary N) is 1. The fourth-order valence-electron chi connectivity index (χ4n) is 1.32. The Labute approximate surface area is 90.4 Å². The number of rotatable bonds is 5. The van der Waals surface area contributed by atoms with E-state index in [9.17, 15) is 4.39 Å². The van der Waals surface area contributed by atoms with Gasteiger partial charge in [0.15, 0.2) is 0 Å². The van der Waals surface area contributed by atoms with Crippen molar-refractivity contribution in [2.45, 2.75) is 26.0 Å². The molecule has 15 heavy (non-hydrogen) atoms. The van der Waals surface area contributed by atoms with Gasteiger partial charge in [-0.15, -0.1) is 0 Å². The van der Waals surface area contributed by atoms with E-state index in [1.165, 1.54) is 6.07 Å². The molecular formula is C12H18FNO. The molecule has 0 saturated carbocycles. The number of benzene rings is 1. The Bertz CT molecular complexity index is 303. The van der Waals surface area contributed by atoms with Crippen LogP contribution in [0.25, 0.3) is 0 Å². The molecule has 0 saturated heterocycles. The first kappa shape index (κ1) is 12.1. The summed E-state index contributed by atoms with van der Waals surface area (Å²) in [6.07, 6.45) is 0.168.